The molecule has 3 heterocycles. The SMILES string of the molecule is c1ccc([Si](c2ccccc2)(c2ccccc2)c2cccc(-c3nc(-n4c5ccccc5c5ccccc54)nc(-n4c5ccccc5c5c6c(ccc54)C4c5ccccc5C6c5ccccc54)n3)c2)cc1. The Morgan fingerprint density at radius 3 is 1.27 bits per heavy atom. The highest BCUT2D eigenvalue weighted by molar-refractivity contribution is 7.19. The van der Waals surface area contributed by atoms with Crippen molar-refractivity contribution in [3.05, 3.63) is 282 Å². The smallest absolute Gasteiger partial charge is 0.240 e. The van der Waals surface area contributed by atoms with Gasteiger partial charge in [-0.25, -0.2) is 0 Å². The lowest BCUT2D eigenvalue weighted by molar-refractivity contribution is 0.761. The minimum absolute atomic E-state index is 0.0958. The Kier molecular flexibility index (Phi) is 8.74. The number of hydrogen-bond donors (Lipinski definition) is 0. The lowest BCUT2D eigenvalue weighted by Gasteiger charge is -2.42. The lowest BCUT2D eigenvalue weighted by atomic mass is 9.60. The Morgan fingerprint density at radius 1 is 0.310 bits per heavy atom. The molecule has 0 aliphatic heterocycles. The van der Waals surface area contributed by atoms with E-state index in [9.17, 15) is 0 Å². The zero-order chi connectivity index (χ0) is 46.6. The van der Waals surface area contributed by atoms with Gasteiger partial charge in [0.1, 0.15) is 0 Å². The van der Waals surface area contributed by atoms with Crippen LogP contribution in [0.25, 0.3) is 66.9 Å². The van der Waals surface area contributed by atoms with E-state index in [0.29, 0.717) is 17.7 Å². The molecule has 0 radical (unpaired) electrons. The molecule has 0 spiro atoms. The molecular formula is C65H43N5Si. The molecule has 10 aromatic carbocycles. The van der Waals surface area contributed by atoms with E-state index in [0.717, 1.165) is 38.4 Å². The van der Waals surface area contributed by atoms with Gasteiger partial charge in [0, 0.05) is 38.9 Å². The average molecular weight is 922 g/mol. The minimum atomic E-state index is -2.90. The van der Waals surface area contributed by atoms with Crippen LogP contribution in [0.4, 0.5) is 0 Å². The van der Waals surface area contributed by atoms with Gasteiger partial charge >= 0.3 is 0 Å². The third-order valence-electron chi connectivity index (χ3n) is 15.5. The van der Waals surface area contributed by atoms with Crippen LogP contribution < -0.4 is 20.7 Å². The highest BCUT2D eigenvalue weighted by atomic mass is 28.3. The van der Waals surface area contributed by atoms with Crippen molar-refractivity contribution in [3.63, 3.8) is 0 Å². The van der Waals surface area contributed by atoms with Crippen molar-refractivity contribution >= 4 is 72.4 Å². The fourth-order valence-electron chi connectivity index (χ4n) is 12.7. The fourth-order valence-corrected chi connectivity index (χ4v) is 17.5. The van der Waals surface area contributed by atoms with Crippen molar-refractivity contribution in [1.82, 2.24) is 24.1 Å². The van der Waals surface area contributed by atoms with Crippen LogP contribution in [0.1, 0.15) is 45.2 Å². The zero-order valence-corrected chi connectivity index (χ0v) is 39.6. The summed E-state index contributed by atoms with van der Waals surface area (Å²) >= 11 is 0. The molecule has 6 heteroatoms. The van der Waals surface area contributed by atoms with E-state index in [4.69, 9.17) is 15.0 Å². The van der Waals surface area contributed by atoms with Crippen LogP contribution in [-0.2, 0) is 0 Å². The molecule has 5 nitrogen and oxygen atoms in total. The summed E-state index contributed by atoms with van der Waals surface area (Å²) < 4.78 is 4.52. The Bertz CT molecular complexity index is 4060. The van der Waals surface area contributed by atoms with E-state index in [1.807, 2.05) is 0 Å². The van der Waals surface area contributed by atoms with Gasteiger partial charge < -0.3 is 0 Å². The Morgan fingerprint density at radius 2 is 0.732 bits per heavy atom. The predicted octanol–water partition coefficient (Wildman–Crippen LogP) is 12.1. The second-order valence-corrected chi connectivity index (χ2v) is 22.8. The van der Waals surface area contributed by atoms with Crippen LogP contribution in [0.15, 0.2) is 249 Å². The maximum atomic E-state index is 5.63. The summed E-state index contributed by atoms with van der Waals surface area (Å²) in [6.45, 7) is 0. The first-order valence-corrected chi connectivity index (χ1v) is 26.5. The molecule has 3 aliphatic rings. The highest BCUT2D eigenvalue weighted by Crippen LogP contribution is 2.58. The van der Waals surface area contributed by atoms with Crippen molar-refractivity contribution in [2.45, 2.75) is 11.8 Å². The van der Waals surface area contributed by atoms with Gasteiger partial charge in [0.05, 0.1) is 22.1 Å². The Hall–Kier alpha value is -8.97. The third-order valence-corrected chi connectivity index (χ3v) is 20.3. The van der Waals surface area contributed by atoms with Gasteiger partial charge in [-0.1, -0.05) is 224 Å². The number of fused-ring (bicyclic) bond motifs is 6. The van der Waals surface area contributed by atoms with Crippen molar-refractivity contribution in [2.24, 2.45) is 0 Å². The Balaban J connectivity index is 1.02. The quantitative estimate of drug-likeness (QED) is 0.118. The number of nitrogens with zero attached hydrogens (tertiary/aromatic N) is 5. The first kappa shape index (κ1) is 40.0. The molecule has 3 aromatic heterocycles. The number of aromatic nitrogens is 5. The number of hydrogen-bond acceptors (Lipinski definition) is 3. The predicted molar refractivity (Wildman–Crippen MR) is 292 cm³/mol. The highest BCUT2D eigenvalue weighted by Gasteiger charge is 2.44. The average Bonchev–Trinajstić information content (AvgIpc) is 3.97. The normalized spacial score (nSPS) is 14.8. The molecular weight excluding hydrogens is 879 g/mol. The van der Waals surface area contributed by atoms with E-state index in [2.05, 4.69) is 258 Å². The fraction of sp³-hybridized carbons (Fsp3) is 0.0308. The Labute approximate surface area is 411 Å². The molecule has 3 aliphatic carbocycles. The van der Waals surface area contributed by atoms with E-state index >= 15 is 0 Å². The van der Waals surface area contributed by atoms with E-state index in [-0.39, 0.29) is 11.8 Å². The molecule has 0 saturated heterocycles. The second-order valence-electron chi connectivity index (χ2n) is 19.0. The van der Waals surface area contributed by atoms with Gasteiger partial charge in [-0.3, -0.25) is 9.13 Å². The molecule has 13 aromatic rings. The van der Waals surface area contributed by atoms with Gasteiger partial charge in [0.2, 0.25) is 11.9 Å². The summed E-state index contributed by atoms with van der Waals surface area (Å²) in [6, 6.07) is 91.2. The van der Waals surface area contributed by atoms with Crippen LogP contribution in [0.3, 0.4) is 0 Å². The maximum Gasteiger partial charge on any atom is 0.240 e. The van der Waals surface area contributed by atoms with Crippen LogP contribution in [0.2, 0.25) is 0 Å². The summed E-state index contributed by atoms with van der Waals surface area (Å²) in [5.74, 6) is 2.00. The molecule has 0 N–H and O–H groups in total. The van der Waals surface area contributed by atoms with Crippen molar-refractivity contribution in [3.8, 4) is 23.3 Å². The lowest BCUT2D eigenvalue weighted by Crippen LogP contribution is -2.74. The van der Waals surface area contributed by atoms with Gasteiger partial charge in [0.25, 0.3) is 0 Å². The molecule has 0 unspecified atom stereocenters. The van der Waals surface area contributed by atoms with E-state index in [1.165, 1.54) is 64.9 Å². The molecule has 332 valence electrons. The molecule has 0 amide bonds. The van der Waals surface area contributed by atoms with Gasteiger partial charge in [0.15, 0.2) is 13.9 Å². The van der Waals surface area contributed by atoms with Crippen LogP contribution in [0, 0.1) is 0 Å². The minimum Gasteiger partial charge on any atom is -0.278 e. The third kappa shape index (κ3) is 5.71. The summed E-state index contributed by atoms with van der Waals surface area (Å²) in [5.41, 5.74) is 13.5. The van der Waals surface area contributed by atoms with Crippen molar-refractivity contribution in [1.29, 1.82) is 0 Å². The molecule has 71 heavy (non-hydrogen) atoms. The summed E-state index contributed by atoms with van der Waals surface area (Å²) in [6.07, 6.45) is 0. The monoisotopic (exact) mass is 921 g/mol. The first-order valence-electron chi connectivity index (χ1n) is 24.5. The van der Waals surface area contributed by atoms with Crippen LogP contribution in [-0.4, -0.2) is 32.2 Å². The molecule has 16 rings (SSSR count). The van der Waals surface area contributed by atoms with Crippen LogP contribution >= 0.6 is 0 Å². The van der Waals surface area contributed by atoms with Gasteiger partial charge in [-0.2, -0.15) is 15.0 Å². The maximum absolute atomic E-state index is 5.63. The largest absolute Gasteiger partial charge is 0.278 e. The van der Waals surface area contributed by atoms with Gasteiger partial charge in [-0.15, -0.1) is 0 Å². The topological polar surface area (TPSA) is 48.5 Å². The second kappa shape index (κ2) is 15.5. The van der Waals surface area contributed by atoms with Crippen molar-refractivity contribution < 1.29 is 0 Å². The van der Waals surface area contributed by atoms with E-state index < -0.39 is 8.07 Å². The summed E-state index contributed by atoms with van der Waals surface area (Å²) in [5, 5.41) is 9.92. The summed E-state index contributed by atoms with van der Waals surface area (Å²) in [7, 11) is -2.90. The number of rotatable bonds is 7. The summed E-state index contributed by atoms with van der Waals surface area (Å²) in [4.78, 5) is 16.8. The standard InChI is InChI=1S/C65H43N5Si/c1-4-22-43(23-5-1)71(44-24-6-2-7-25-44,45-26-8-3-9-27-45)46-28-20-21-42(41-46)63-66-64(69-55-36-17-14-29-47(55)48-30-15-18-37-56(48)69)68-65(67-63)70-57-38-19-16-35-53(57)61-58(70)40-39-54-59-49-31-10-12-33-51(49)60(62(54)61)52-34-13-11-32-50(52)59/h1-41,59-60H. The number of para-hydroxylation sites is 3. The molecule has 0 fully saturated rings. The molecule has 2 bridgehead atoms. The zero-order valence-electron chi connectivity index (χ0n) is 38.6. The van der Waals surface area contributed by atoms with E-state index in [1.54, 1.807) is 0 Å². The van der Waals surface area contributed by atoms with Crippen molar-refractivity contribution in [2.75, 3.05) is 0 Å². The molecule has 0 atom stereocenters. The van der Waals surface area contributed by atoms with Gasteiger partial charge in [-0.05, 0) is 78.4 Å². The molecule has 0 saturated carbocycles. The first-order chi connectivity index (χ1) is 35.3. The number of benzene rings is 10. The van der Waals surface area contributed by atoms with Crippen LogP contribution in [0.5, 0.6) is 0 Å².